The Balaban J connectivity index is 1.60. The van der Waals surface area contributed by atoms with E-state index in [4.69, 9.17) is 0 Å². The molecule has 1 saturated heterocycles. The molecule has 0 atom stereocenters. The third-order valence-corrected chi connectivity index (χ3v) is 5.39. The van der Waals surface area contributed by atoms with E-state index in [0.717, 1.165) is 30.0 Å². The molecule has 0 aliphatic carbocycles. The fourth-order valence-corrected chi connectivity index (χ4v) is 3.90. The minimum absolute atomic E-state index is 0.124. The van der Waals surface area contributed by atoms with E-state index in [1.54, 1.807) is 17.1 Å². The summed E-state index contributed by atoms with van der Waals surface area (Å²) < 4.78 is 1.75. The van der Waals surface area contributed by atoms with E-state index in [2.05, 4.69) is 46.3 Å². The molecule has 6 heteroatoms. The largest absolute Gasteiger partial charge is 0.372 e. The Morgan fingerprint density at radius 3 is 2.59 bits per heavy atom. The third kappa shape index (κ3) is 3.88. The van der Waals surface area contributed by atoms with E-state index in [-0.39, 0.29) is 11.8 Å². The van der Waals surface area contributed by atoms with Crippen molar-refractivity contribution in [2.45, 2.75) is 39.5 Å². The minimum Gasteiger partial charge on any atom is -0.372 e. The number of anilines is 2. The summed E-state index contributed by atoms with van der Waals surface area (Å²) in [6.07, 6.45) is 5.85. The predicted molar refractivity (Wildman–Crippen MR) is 116 cm³/mol. The highest BCUT2D eigenvalue weighted by atomic mass is 16.1. The summed E-state index contributed by atoms with van der Waals surface area (Å²) in [7, 11) is 0. The fourth-order valence-electron chi connectivity index (χ4n) is 3.90. The van der Waals surface area contributed by atoms with Crippen molar-refractivity contribution in [1.29, 1.82) is 0 Å². The van der Waals surface area contributed by atoms with Gasteiger partial charge in [0.2, 0.25) is 0 Å². The topological polar surface area (TPSA) is 63.1 Å². The maximum absolute atomic E-state index is 13.1. The number of aromatic nitrogens is 3. The molecule has 29 heavy (non-hydrogen) atoms. The zero-order chi connectivity index (χ0) is 20.4. The van der Waals surface area contributed by atoms with Crippen LogP contribution in [0.5, 0.6) is 0 Å². The fraction of sp³-hybridized carbons (Fsp3) is 0.348. The SMILES string of the molecule is Cc1cc(N2CCCC2)ccc1NC(=O)c1cnn(-c2ccccn2)c1C(C)C. The van der Waals surface area contributed by atoms with Crippen molar-refractivity contribution < 1.29 is 4.79 Å². The number of carbonyl (C=O) groups excluding carboxylic acids is 1. The van der Waals surface area contributed by atoms with Crippen LogP contribution in [0.15, 0.2) is 48.8 Å². The zero-order valence-electron chi connectivity index (χ0n) is 17.2. The van der Waals surface area contributed by atoms with Crippen molar-refractivity contribution in [2.24, 2.45) is 0 Å². The number of hydrogen-bond donors (Lipinski definition) is 1. The molecule has 6 nitrogen and oxygen atoms in total. The van der Waals surface area contributed by atoms with Crippen molar-refractivity contribution in [1.82, 2.24) is 14.8 Å². The van der Waals surface area contributed by atoms with Crippen molar-refractivity contribution in [3.63, 3.8) is 0 Å². The maximum atomic E-state index is 13.1. The second-order valence-corrected chi connectivity index (χ2v) is 7.85. The van der Waals surface area contributed by atoms with Gasteiger partial charge < -0.3 is 10.2 Å². The number of benzene rings is 1. The Hall–Kier alpha value is -3.15. The van der Waals surface area contributed by atoms with Crippen LogP contribution in [0.2, 0.25) is 0 Å². The lowest BCUT2D eigenvalue weighted by molar-refractivity contribution is 0.102. The van der Waals surface area contributed by atoms with E-state index in [0.29, 0.717) is 11.4 Å². The van der Waals surface area contributed by atoms with Crippen molar-refractivity contribution in [3.05, 3.63) is 65.6 Å². The van der Waals surface area contributed by atoms with E-state index in [1.807, 2.05) is 31.2 Å². The Kier molecular flexibility index (Phi) is 5.34. The molecule has 1 amide bonds. The highest BCUT2D eigenvalue weighted by Crippen LogP contribution is 2.27. The molecule has 150 valence electrons. The molecule has 0 radical (unpaired) electrons. The van der Waals surface area contributed by atoms with E-state index < -0.39 is 0 Å². The first-order chi connectivity index (χ1) is 14.0. The van der Waals surface area contributed by atoms with Gasteiger partial charge in [0.05, 0.1) is 17.5 Å². The standard InChI is InChI=1S/C23H27N5O/c1-16(2)22-19(15-25-28(22)21-8-4-5-11-24-21)23(29)26-20-10-9-18(14-17(20)3)27-12-6-7-13-27/h4-5,8-11,14-16H,6-7,12-13H2,1-3H3,(H,26,29). The summed E-state index contributed by atoms with van der Waals surface area (Å²) in [5.41, 5.74) is 4.55. The Morgan fingerprint density at radius 1 is 1.14 bits per heavy atom. The van der Waals surface area contributed by atoms with Crippen LogP contribution in [0, 0.1) is 6.92 Å². The van der Waals surface area contributed by atoms with Gasteiger partial charge in [-0.25, -0.2) is 9.67 Å². The molecule has 1 fully saturated rings. The first-order valence-corrected chi connectivity index (χ1v) is 10.2. The number of rotatable bonds is 5. The molecule has 4 rings (SSSR count). The number of amides is 1. The Morgan fingerprint density at radius 2 is 1.93 bits per heavy atom. The van der Waals surface area contributed by atoms with Gasteiger partial charge in [0.25, 0.3) is 5.91 Å². The van der Waals surface area contributed by atoms with Gasteiger partial charge in [-0.3, -0.25) is 4.79 Å². The average Bonchev–Trinajstić information content (AvgIpc) is 3.40. The molecular weight excluding hydrogens is 362 g/mol. The summed E-state index contributed by atoms with van der Waals surface area (Å²) in [5.74, 6) is 0.688. The molecule has 3 heterocycles. The second kappa shape index (κ2) is 8.07. The molecule has 0 spiro atoms. The number of aryl methyl sites for hydroxylation is 1. The maximum Gasteiger partial charge on any atom is 0.259 e. The number of pyridine rings is 1. The van der Waals surface area contributed by atoms with Crippen molar-refractivity contribution in [2.75, 3.05) is 23.3 Å². The Bertz CT molecular complexity index is 1000. The van der Waals surface area contributed by atoms with Gasteiger partial charge >= 0.3 is 0 Å². The van der Waals surface area contributed by atoms with Crippen LogP contribution in [-0.2, 0) is 0 Å². The smallest absolute Gasteiger partial charge is 0.259 e. The molecule has 1 aromatic carbocycles. The van der Waals surface area contributed by atoms with Gasteiger partial charge in [-0.2, -0.15) is 5.10 Å². The third-order valence-electron chi connectivity index (χ3n) is 5.39. The summed E-state index contributed by atoms with van der Waals surface area (Å²) >= 11 is 0. The normalized spacial score (nSPS) is 13.9. The molecule has 1 N–H and O–H groups in total. The van der Waals surface area contributed by atoms with Crippen LogP contribution in [0.25, 0.3) is 5.82 Å². The van der Waals surface area contributed by atoms with Gasteiger partial charge in [-0.1, -0.05) is 19.9 Å². The van der Waals surface area contributed by atoms with Crippen molar-refractivity contribution >= 4 is 17.3 Å². The van der Waals surface area contributed by atoms with Crippen LogP contribution in [0.3, 0.4) is 0 Å². The van der Waals surface area contributed by atoms with Crippen LogP contribution in [0.1, 0.15) is 54.2 Å². The van der Waals surface area contributed by atoms with Crippen LogP contribution < -0.4 is 10.2 Å². The quantitative estimate of drug-likeness (QED) is 0.695. The van der Waals surface area contributed by atoms with Gasteiger partial charge in [-0.15, -0.1) is 0 Å². The van der Waals surface area contributed by atoms with Crippen molar-refractivity contribution in [3.8, 4) is 5.82 Å². The Labute approximate surface area is 171 Å². The van der Waals surface area contributed by atoms with Crippen LogP contribution in [-0.4, -0.2) is 33.8 Å². The highest BCUT2D eigenvalue weighted by molar-refractivity contribution is 6.05. The van der Waals surface area contributed by atoms with Gasteiger partial charge in [0.1, 0.15) is 0 Å². The monoisotopic (exact) mass is 389 g/mol. The first kappa shape index (κ1) is 19.2. The molecule has 1 aliphatic heterocycles. The lowest BCUT2D eigenvalue weighted by Gasteiger charge is -2.19. The molecule has 0 unspecified atom stereocenters. The molecule has 1 aliphatic rings. The summed E-state index contributed by atoms with van der Waals surface area (Å²) in [5, 5.41) is 7.52. The second-order valence-electron chi connectivity index (χ2n) is 7.85. The number of nitrogens with one attached hydrogen (secondary N) is 1. The van der Waals surface area contributed by atoms with E-state index in [1.165, 1.54) is 18.5 Å². The molecule has 3 aromatic rings. The summed E-state index contributed by atoms with van der Waals surface area (Å²) in [4.78, 5) is 19.9. The van der Waals surface area contributed by atoms with E-state index in [9.17, 15) is 4.79 Å². The highest BCUT2D eigenvalue weighted by Gasteiger charge is 2.22. The molecule has 2 aromatic heterocycles. The summed E-state index contributed by atoms with van der Waals surface area (Å²) in [6.45, 7) is 8.37. The van der Waals surface area contributed by atoms with Crippen LogP contribution in [0.4, 0.5) is 11.4 Å². The first-order valence-electron chi connectivity index (χ1n) is 10.2. The number of hydrogen-bond acceptors (Lipinski definition) is 4. The average molecular weight is 390 g/mol. The number of nitrogens with zero attached hydrogens (tertiary/aromatic N) is 4. The van der Waals surface area contributed by atoms with Crippen LogP contribution >= 0.6 is 0 Å². The minimum atomic E-state index is -0.145. The predicted octanol–water partition coefficient (Wildman–Crippen LogP) is 4.55. The number of carbonyl (C=O) groups is 1. The summed E-state index contributed by atoms with van der Waals surface area (Å²) in [6, 6.07) is 11.9. The van der Waals surface area contributed by atoms with E-state index >= 15 is 0 Å². The molecular formula is C23H27N5O. The van der Waals surface area contributed by atoms with Gasteiger partial charge in [0, 0.05) is 30.7 Å². The lowest BCUT2D eigenvalue weighted by atomic mass is 10.0. The zero-order valence-corrected chi connectivity index (χ0v) is 17.2. The lowest BCUT2D eigenvalue weighted by Crippen LogP contribution is -2.19. The molecule has 0 bridgehead atoms. The van der Waals surface area contributed by atoms with Gasteiger partial charge in [-0.05, 0) is 61.6 Å². The van der Waals surface area contributed by atoms with Gasteiger partial charge in [0.15, 0.2) is 5.82 Å². The molecule has 0 saturated carbocycles.